The summed E-state index contributed by atoms with van der Waals surface area (Å²) in [5.74, 6) is 0.0691. The number of anilines is 1. The topological polar surface area (TPSA) is 52.6 Å². The Labute approximate surface area is 108 Å². The number of benzene rings is 1. The molecule has 0 unspecified atom stereocenters. The predicted molar refractivity (Wildman–Crippen MR) is 71.5 cm³/mol. The van der Waals surface area contributed by atoms with Crippen molar-refractivity contribution in [3.05, 3.63) is 29.8 Å². The number of carbonyl (C=O) groups excluding carboxylic acids is 1. The monoisotopic (exact) mass is 248 g/mol. The van der Waals surface area contributed by atoms with E-state index >= 15 is 0 Å². The molecule has 1 aromatic carbocycles. The van der Waals surface area contributed by atoms with Crippen LogP contribution in [0.25, 0.3) is 0 Å². The first-order valence-electron chi connectivity index (χ1n) is 6.35. The minimum atomic E-state index is -0.456. The summed E-state index contributed by atoms with van der Waals surface area (Å²) >= 11 is 0. The van der Waals surface area contributed by atoms with Gasteiger partial charge in [0.1, 0.15) is 0 Å². The quantitative estimate of drug-likeness (QED) is 0.829. The Bertz CT molecular complexity index is 410. The Morgan fingerprint density at radius 3 is 2.56 bits per heavy atom. The summed E-state index contributed by atoms with van der Waals surface area (Å²) < 4.78 is 0. The summed E-state index contributed by atoms with van der Waals surface area (Å²) in [4.78, 5) is 13.6. The fourth-order valence-electron chi connectivity index (χ4n) is 1.82. The Kier molecular flexibility index (Phi) is 3.87. The second kappa shape index (κ2) is 5.40. The van der Waals surface area contributed by atoms with Crippen LogP contribution in [0.1, 0.15) is 31.4 Å². The lowest BCUT2D eigenvalue weighted by Crippen LogP contribution is -2.36. The van der Waals surface area contributed by atoms with E-state index in [0.29, 0.717) is 12.6 Å². The van der Waals surface area contributed by atoms with E-state index in [0.717, 1.165) is 24.1 Å². The molecule has 2 rings (SSSR count). The second-order valence-electron chi connectivity index (χ2n) is 4.97. The van der Waals surface area contributed by atoms with E-state index < -0.39 is 6.10 Å². The average molecular weight is 248 g/mol. The minimum absolute atomic E-state index is 0.0691. The molecule has 98 valence electrons. The largest absolute Gasteiger partial charge is 0.389 e. The second-order valence-corrected chi connectivity index (χ2v) is 4.97. The van der Waals surface area contributed by atoms with Crippen LogP contribution in [0.5, 0.6) is 0 Å². The summed E-state index contributed by atoms with van der Waals surface area (Å²) in [7, 11) is 1.89. The van der Waals surface area contributed by atoms with E-state index in [4.69, 9.17) is 0 Å². The molecule has 0 aliphatic heterocycles. The zero-order chi connectivity index (χ0) is 13.1. The number of likely N-dealkylation sites (N-methyl/N-ethyl adjacent to an activating group) is 1. The van der Waals surface area contributed by atoms with Crippen molar-refractivity contribution in [3.8, 4) is 0 Å². The molecule has 18 heavy (non-hydrogen) atoms. The summed E-state index contributed by atoms with van der Waals surface area (Å²) in [6, 6.07) is 8.02. The third kappa shape index (κ3) is 3.47. The van der Waals surface area contributed by atoms with Gasteiger partial charge in [-0.2, -0.15) is 0 Å². The van der Waals surface area contributed by atoms with Gasteiger partial charge in [-0.3, -0.25) is 4.79 Å². The number of hydrogen-bond donors (Lipinski definition) is 2. The zero-order valence-corrected chi connectivity index (χ0v) is 10.9. The number of amides is 1. The SMILES string of the molecule is C[C@@H](O)c1ccc(N(C)CC(=O)NC2CC2)cc1. The van der Waals surface area contributed by atoms with Crippen molar-refractivity contribution in [1.82, 2.24) is 5.32 Å². The van der Waals surface area contributed by atoms with E-state index in [1.54, 1.807) is 6.92 Å². The molecular formula is C14H20N2O2. The normalized spacial score (nSPS) is 16.2. The van der Waals surface area contributed by atoms with Crippen molar-refractivity contribution in [1.29, 1.82) is 0 Å². The molecule has 0 spiro atoms. The Balaban J connectivity index is 1.90. The van der Waals surface area contributed by atoms with Crippen molar-refractivity contribution in [2.24, 2.45) is 0 Å². The van der Waals surface area contributed by atoms with Crippen LogP contribution in [0.2, 0.25) is 0 Å². The molecule has 0 aromatic heterocycles. The predicted octanol–water partition coefficient (Wildman–Crippen LogP) is 1.45. The van der Waals surface area contributed by atoms with Gasteiger partial charge in [-0.25, -0.2) is 0 Å². The number of nitrogens with zero attached hydrogens (tertiary/aromatic N) is 1. The molecule has 2 N–H and O–H groups in total. The van der Waals surface area contributed by atoms with Crippen molar-refractivity contribution in [2.45, 2.75) is 31.9 Å². The molecule has 1 saturated carbocycles. The van der Waals surface area contributed by atoms with E-state index in [1.807, 2.05) is 36.2 Å². The third-order valence-corrected chi connectivity index (χ3v) is 3.14. The molecule has 0 saturated heterocycles. The summed E-state index contributed by atoms with van der Waals surface area (Å²) in [5.41, 5.74) is 1.86. The molecular weight excluding hydrogens is 228 g/mol. The molecule has 1 atom stereocenters. The van der Waals surface area contributed by atoms with Crippen LogP contribution in [-0.4, -0.2) is 30.6 Å². The van der Waals surface area contributed by atoms with E-state index in [2.05, 4.69) is 5.32 Å². The molecule has 4 nitrogen and oxygen atoms in total. The maximum Gasteiger partial charge on any atom is 0.239 e. The number of hydrogen-bond acceptors (Lipinski definition) is 3. The van der Waals surface area contributed by atoms with Crippen LogP contribution >= 0.6 is 0 Å². The van der Waals surface area contributed by atoms with Crippen molar-refractivity contribution < 1.29 is 9.90 Å². The van der Waals surface area contributed by atoms with Gasteiger partial charge >= 0.3 is 0 Å². The lowest BCUT2D eigenvalue weighted by molar-refractivity contribution is -0.119. The van der Waals surface area contributed by atoms with Crippen LogP contribution in [0.15, 0.2) is 24.3 Å². The fourth-order valence-corrected chi connectivity index (χ4v) is 1.82. The molecule has 0 heterocycles. The average Bonchev–Trinajstić information content (AvgIpc) is 3.12. The summed E-state index contributed by atoms with van der Waals surface area (Å²) in [5, 5.41) is 12.4. The lowest BCUT2D eigenvalue weighted by atomic mass is 10.1. The van der Waals surface area contributed by atoms with Crippen molar-refractivity contribution in [2.75, 3.05) is 18.5 Å². The van der Waals surface area contributed by atoms with Gasteiger partial charge in [0, 0.05) is 18.8 Å². The van der Waals surface area contributed by atoms with Crippen LogP contribution in [0, 0.1) is 0 Å². The highest BCUT2D eigenvalue weighted by atomic mass is 16.3. The number of aliphatic hydroxyl groups excluding tert-OH is 1. The fraction of sp³-hybridized carbons (Fsp3) is 0.500. The van der Waals surface area contributed by atoms with Gasteiger partial charge in [0.15, 0.2) is 0 Å². The lowest BCUT2D eigenvalue weighted by Gasteiger charge is -2.19. The summed E-state index contributed by atoms with van der Waals surface area (Å²) in [6.45, 7) is 2.10. The zero-order valence-electron chi connectivity index (χ0n) is 10.9. The highest BCUT2D eigenvalue weighted by Gasteiger charge is 2.23. The molecule has 0 radical (unpaired) electrons. The number of rotatable bonds is 5. The molecule has 1 aromatic rings. The van der Waals surface area contributed by atoms with Crippen LogP contribution < -0.4 is 10.2 Å². The van der Waals surface area contributed by atoms with Crippen molar-refractivity contribution >= 4 is 11.6 Å². The minimum Gasteiger partial charge on any atom is -0.389 e. The van der Waals surface area contributed by atoms with Gasteiger partial charge in [0.25, 0.3) is 0 Å². The molecule has 1 aliphatic rings. The first-order chi connectivity index (χ1) is 8.56. The number of aliphatic hydroxyl groups is 1. The van der Waals surface area contributed by atoms with Crippen LogP contribution in [0.4, 0.5) is 5.69 Å². The third-order valence-electron chi connectivity index (χ3n) is 3.14. The van der Waals surface area contributed by atoms with Crippen molar-refractivity contribution in [3.63, 3.8) is 0 Å². The van der Waals surface area contributed by atoms with Gasteiger partial charge < -0.3 is 15.3 Å². The first-order valence-corrected chi connectivity index (χ1v) is 6.35. The maximum absolute atomic E-state index is 11.7. The number of nitrogens with one attached hydrogen (secondary N) is 1. The van der Waals surface area contributed by atoms with E-state index in [1.165, 1.54) is 0 Å². The van der Waals surface area contributed by atoms with Gasteiger partial charge in [0.05, 0.1) is 12.6 Å². The van der Waals surface area contributed by atoms with Gasteiger partial charge in [0.2, 0.25) is 5.91 Å². The van der Waals surface area contributed by atoms with E-state index in [-0.39, 0.29) is 5.91 Å². The Morgan fingerprint density at radius 2 is 2.06 bits per heavy atom. The summed E-state index contributed by atoms with van der Waals surface area (Å²) in [6.07, 6.45) is 1.76. The maximum atomic E-state index is 11.7. The molecule has 1 aliphatic carbocycles. The van der Waals surface area contributed by atoms with Gasteiger partial charge in [-0.15, -0.1) is 0 Å². The highest BCUT2D eigenvalue weighted by Crippen LogP contribution is 2.20. The Morgan fingerprint density at radius 1 is 1.44 bits per heavy atom. The van der Waals surface area contributed by atoms with Gasteiger partial charge in [-0.1, -0.05) is 12.1 Å². The molecule has 1 amide bonds. The van der Waals surface area contributed by atoms with Gasteiger partial charge in [-0.05, 0) is 37.5 Å². The number of carbonyl (C=O) groups is 1. The molecule has 1 fully saturated rings. The highest BCUT2D eigenvalue weighted by molar-refractivity contribution is 5.81. The smallest absolute Gasteiger partial charge is 0.239 e. The Hall–Kier alpha value is -1.55. The molecule has 0 bridgehead atoms. The standard InChI is InChI=1S/C14H20N2O2/c1-10(17)11-3-7-13(8-4-11)16(2)9-14(18)15-12-5-6-12/h3-4,7-8,10,12,17H,5-6,9H2,1-2H3,(H,15,18)/t10-/m1/s1. The van der Waals surface area contributed by atoms with Crippen LogP contribution in [-0.2, 0) is 4.79 Å². The first kappa shape index (κ1) is 12.9. The molecule has 4 heteroatoms. The van der Waals surface area contributed by atoms with Crippen LogP contribution in [0.3, 0.4) is 0 Å². The van der Waals surface area contributed by atoms with E-state index in [9.17, 15) is 9.90 Å².